The molecular weight excluding hydrogens is 1080 g/mol. The van der Waals surface area contributed by atoms with Crippen LogP contribution < -0.4 is 20.4 Å². The predicted octanol–water partition coefficient (Wildman–Crippen LogP) is 4.37. The summed E-state index contributed by atoms with van der Waals surface area (Å²) in [4.78, 5) is 49.5. The Hall–Kier alpha value is -5.31. The number of carbonyl (C=O) groups excluding carboxylic acids is 4. The number of rotatable bonds is 16. The van der Waals surface area contributed by atoms with Crippen molar-refractivity contribution in [1.82, 2.24) is 29.4 Å². The fourth-order valence-corrected chi connectivity index (χ4v) is 10.1. The monoisotopic (exact) mass is 1120 g/mol. The number of nitrogens with zero attached hydrogens (tertiary/aromatic N) is 4. The number of carbonyl (C=O) groups is 4. The van der Waals surface area contributed by atoms with Gasteiger partial charge in [0.2, 0.25) is 20.0 Å². The summed E-state index contributed by atoms with van der Waals surface area (Å²) >= 11 is 11.5. The maximum atomic E-state index is 14.7. The number of ether oxygens (including phenoxy) is 6. The van der Waals surface area contributed by atoms with Gasteiger partial charge in [0.15, 0.2) is 34.8 Å². The molecule has 2 heterocycles. The molecule has 6 rings (SSSR count). The first-order valence-electron chi connectivity index (χ1n) is 20.7. The molecule has 0 saturated carbocycles. The summed E-state index contributed by atoms with van der Waals surface area (Å²) in [6, 6.07) is 10.2. The molecule has 4 N–H and O–H groups in total. The van der Waals surface area contributed by atoms with E-state index < -0.39 is 127 Å². The van der Waals surface area contributed by atoms with Crippen molar-refractivity contribution in [3.8, 4) is 23.0 Å². The Morgan fingerprint density at radius 1 is 0.575 bits per heavy atom. The zero-order valence-electron chi connectivity index (χ0n) is 38.3. The van der Waals surface area contributed by atoms with Crippen molar-refractivity contribution < 1.29 is 92.4 Å². The van der Waals surface area contributed by atoms with Gasteiger partial charge in [-0.25, -0.2) is 54.9 Å². The Morgan fingerprint density at radius 3 is 1.18 bits per heavy atom. The Bertz CT molecular complexity index is 2580. The van der Waals surface area contributed by atoms with Crippen LogP contribution in [0.4, 0.5) is 27.2 Å². The van der Waals surface area contributed by atoms with E-state index in [2.05, 4.69) is 0 Å². The summed E-state index contributed by atoms with van der Waals surface area (Å²) in [7, 11) is -6.53. The van der Waals surface area contributed by atoms with Gasteiger partial charge in [-0.15, -0.1) is 0 Å². The minimum atomic E-state index is -4.67. The fraction of sp³-hybridized carbons (Fsp3) is 0.333. The number of hydroxylamine groups is 2. The van der Waals surface area contributed by atoms with Gasteiger partial charge < -0.3 is 38.2 Å². The van der Waals surface area contributed by atoms with Gasteiger partial charge in [0, 0.05) is 63.5 Å². The zero-order chi connectivity index (χ0) is 52.9. The number of sulfonamides is 2. The molecule has 31 heteroatoms. The van der Waals surface area contributed by atoms with Crippen LogP contribution in [0, 0.1) is 23.3 Å². The second-order valence-corrected chi connectivity index (χ2v) is 19.5. The van der Waals surface area contributed by atoms with Crippen molar-refractivity contribution in [3.05, 3.63) is 106 Å². The largest absolute Gasteiger partial charge is 2.00 e. The smallest absolute Gasteiger partial charge is 0.451 e. The number of methoxy groups -OCH3 is 2. The molecule has 2 fully saturated rings. The molecule has 4 aromatic rings. The molecule has 2 aliphatic rings. The molecule has 22 nitrogen and oxygen atoms in total. The minimum absolute atomic E-state index is 0. The molecule has 0 aromatic heterocycles. The van der Waals surface area contributed by atoms with E-state index in [1.54, 1.807) is 0 Å². The Morgan fingerprint density at radius 2 is 0.890 bits per heavy atom. The van der Waals surface area contributed by atoms with E-state index in [4.69, 9.17) is 62.0 Å². The van der Waals surface area contributed by atoms with E-state index in [1.807, 2.05) is 0 Å². The van der Waals surface area contributed by atoms with Crippen molar-refractivity contribution in [3.63, 3.8) is 0 Å². The summed E-state index contributed by atoms with van der Waals surface area (Å²) in [5.74, 6) is -9.14. The summed E-state index contributed by atoms with van der Waals surface area (Å²) in [6.45, 7) is -2.11. The van der Waals surface area contributed by atoms with E-state index in [-0.39, 0.29) is 74.1 Å². The standard InChI is InChI=1S/2C21H22ClF2N3O8S.Mg/c2*1-33-8-9-34-21(29)26-6-7-27(18(12-26)20(28)25-30)36(31,32)15-10-16(23)19(17(24)11-15)35-14-4-2-13(22)3-5-14;/h2*2-5,10-11,18,30H,6-9,12H2,1H3,(H,25,28);/q;;+2/t2*18-;/m11./s1. The predicted molar refractivity (Wildman–Crippen MR) is 246 cm³/mol. The van der Waals surface area contributed by atoms with Crippen LogP contribution in [0.15, 0.2) is 82.6 Å². The first-order valence-corrected chi connectivity index (χ1v) is 24.4. The van der Waals surface area contributed by atoms with E-state index in [9.17, 15) is 53.6 Å². The molecule has 4 amide bonds. The van der Waals surface area contributed by atoms with Crippen LogP contribution in [0.2, 0.25) is 10.0 Å². The van der Waals surface area contributed by atoms with E-state index in [1.165, 1.54) is 73.7 Å². The van der Waals surface area contributed by atoms with Gasteiger partial charge in [0.05, 0.1) is 23.0 Å². The molecular formula is C42H44Cl2F4MgN6O16S2+2. The first kappa shape index (κ1) is 60.2. The van der Waals surface area contributed by atoms with Crippen LogP contribution >= 0.6 is 23.2 Å². The molecule has 0 radical (unpaired) electrons. The third-order valence-corrected chi connectivity index (χ3v) is 14.5. The first-order chi connectivity index (χ1) is 34.2. The second-order valence-electron chi connectivity index (χ2n) is 14.9. The molecule has 4 aromatic carbocycles. The topological polar surface area (TPSA) is 269 Å². The Balaban J connectivity index is 0.000000312. The average molecular weight is 1120 g/mol. The molecule has 392 valence electrons. The van der Waals surface area contributed by atoms with Crippen molar-refractivity contribution >= 4 is 90.3 Å². The van der Waals surface area contributed by atoms with Crippen LogP contribution in [0.25, 0.3) is 0 Å². The summed E-state index contributed by atoms with van der Waals surface area (Å²) < 4.78 is 143. The van der Waals surface area contributed by atoms with Gasteiger partial charge in [0.25, 0.3) is 11.8 Å². The number of piperazine rings is 2. The number of halogens is 6. The number of hydrogen-bond donors (Lipinski definition) is 4. The normalized spacial score (nSPS) is 16.2. The number of benzene rings is 4. The molecule has 0 aliphatic carbocycles. The summed E-state index contributed by atoms with van der Waals surface area (Å²) in [5.41, 5.74) is 2.68. The van der Waals surface area contributed by atoms with Crippen LogP contribution in [-0.2, 0) is 48.6 Å². The van der Waals surface area contributed by atoms with Crippen molar-refractivity contribution in [2.45, 2.75) is 21.9 Å². The van der Waals surface area contributed by atoms with Gasteiger partial charge in [-0.2, -0.15) is 8.61 Å². The van der Waals surface area contributed by atoms with Gasteiger partial charge in [-0.1, -0.05) is 23.2 Å². The van der Waals surface area contributed by atoms with Gasteiger partial charge in [-0.3, -0.25) is 20.0 Å². The van der Waals surface area contributed by atoms with Crippen molar-refractivity contribution in [2.75, 3.05) is 79.9 Å². The molecule has 0 bridgehead atoms. The van der Waals surface area contributed by atoms with E-state index in [0.29, 0.717) is 42.9 Å². The molecule has 0 spiro atoms. The summed E-state index contributed by atoms with van der Waals surface area (Å²) in [6.07, 6.45) is -1.67. The zero-order valence-corrected chi connectivity index (χ0v) is 42.9. The van der Waals surface area contributed by atoms with Crippen molar-refractivity contribution in [1.29, 1.82) is 0 Å². The van der Waals surface area contributed by atoms with Gasteiger partial charge >= 0.3 is 35.2 Å². The number of amides is 4. The SMILES string of the molecule is COCCOC(=O)N1CCN(S(=O)(=O)c2cc(F)c(Oc3ccc(Cl)cc3)c(F)c2)[C@@H](C(=O)NO)C1.COCCOC(=O)N1CCN(S(=O)(=O)c2cc(F)c(Oc3ccc(Cl)cc3)c(F)c2)[C@@H](C(=O)NO)C1.[Mg+2]. The maximum Gasteiger partial charge on any atom is 2.00 e. The molecule has 73 heavy (non-hydrogen) atoms. The van der Waals surface area contributed by atoms with Gasteiger partial charge in [-0.05, 0) is 72.8 Å². The third-order valence-electron chi connectivity index (χ3n) is 10.3. The Kier molecular flexibility index (Phi) is 22.5. The molecule has 2 saturated heterocycles. The fourth-order valence-electron chi connectivity index (χ4n) is 6.70. The number of nitrogens with one attached hydrogen (secondary N) is 2. The van der Waals surface area contributed by atoms with Gasteiger partial charge in [0.1, 0.15) is 36.8 Å². The van der Waals surface area contributed by atoms with Crippen LogP contribution in [0.5, 0.6) is 23.0 Å². The Labute approximate surface area is 440 Å². The van der Waals surface area contributed by atoms with Crippen LogP contribution in [0.3, 0.4) is 0 Å². The quantitative estimate of drug-likeness (QED) is 0.0399. The second kappa shape index (κ2) is 27.3. The molecule has 0 unspecified atom stereocenters. The number of hydrogen-bond acceptors (Lipinski definition) is 16. The van der Waals surface area contributed by atoms with E-state index in [0.717, 1.165) is 9.80 Å². The van der Waals surface area contributed by atoms with Crippen LogP contribution in [-0.4, -0.2) is 185 Å². The molecule has 2 aliphatic heterocycles. The van der Waals surface area contributed by atoms with E-state index >= 15 is 0 Å². The third kappa shape index (κ3) is 15.4. The molecule has 2 atom stereocenters. The van der Waals surface area contributed by atoms with Crippen molar-refractivity contribution in [2.24, 2.45) is 0 Å². The maximum absolute atomic E-state index is 14.7. The van der Waals surface area contributed by atoms with Crippen LogP contribution in [0.1, 0.15) is 0 Å². The summed E-state index contributed by atoms with van der Waals surface area (Å²) in [5, 5.41) is 18.9. The minimum Gasteiger partial charge on any atom is -0.451 e. The average Bonchev–Trinajstić information content (AvgIpc) is 3.36.